The molecule has 0 saturated carbocycles. The summed E-state index contributed by atoms with van der Waals surface area (Å²) < 4.78 is 6.23. The number of ether oxygens (including phenoxy) is 1. The first kappa shape index (κ1) is 16.4. The van der Waals surface area contributed by atoms with Crippen LogP contribution >= 0.6 is 0 Å². The predicted molar refractivity (Wildman–Crippen MR) is 91.1 cm³/mol. The van der Waals surface area contributed by atoms with Crippen molar-refractivity contribution >= 4 is 0 Å². The lowest BCUT2D eigenvalue weighted by Gasteiger charge is -2.47. The van der Waals surface area contributed by atoms with Crippen molar-refractivity contribution in [1.29, 1.82) is 5.26 Å². The first-order chi connectivity index (χ1) is 11.1. The Hall–Kier alpha value is -1.41. The molecule has 0 aromatic heterocycles. The van der Waals surface area contributed by atoms with Gasteiger partial charge in [0.2, 0.25) is 0 Å². The van der Waals surface area contributed by atoms with E-state index in [0.29, 0.717) is 6.04 Å². The molecule has 1 spiro atoms. The minimum absolute atomic E-state index is 0.106. The molecule has 23 heavy (non-hydrogen) atoms. The van der Waals surface area contributed by atoms with Crippen molar-refractivity contribution < 1.29 is 4.74 Å². The molecule has 0 aliphatic carbocycles. The van der Waals surface area contributed by atoms with Crippen LogP contribution in [-0.4, -0.2) is 55.2 Å². The lowest BCUT2D eigenvalue weighted by Crippen LogP contribution is -2.52. The van der Waals surface area contributed by atoms with Crippen molar-refractivity contribution in [2.75, 3.05) is 33.8 Å². The van der Waals surface area contributed by atoms with Crippen molar-refractivity contribution in [2.45, 2.75) is 43.9 Å². The highest BCUT2D eigenvalue weighted by Gasteiger charge is 2.40. The monoisotopic (exact) mass is 313 g/mol. The standard InChI is InChI=1S/C19H27N3O/c1-21(2)18-7-12-23-19(13-18)8-10-22(11-9-19)15-17-5-3-16(14-20)4-6-17/h3-6,18H,7-13,15H2,1-2H3/t18-/m1/s1. The summed E-state index contributed by atoms with van der Waals surface area (Å²) in [5.74, 6) is 0. The van der Waals surface area contributed by atoms with E-state index in [2.05, 4.69) is 42.1 Å². The summed E-state index contributed by atoms with van der Waals surface area (Å²) in [5, 5.41) is 8.87. The number of likely N-dealkylation sites (tertiary alicyclic amines) is 1. The molecule has 0 bridgehead atoms. The molecule has 2 aliphatic heterocycles. The maximum absolute atomic E-state index is 8.87. The van der Waals surface area contributed by atoms with Gasteiger partial charge in [-0.15, -0.1) is 0 Å². The van der Waals surface area contributed by atoms with Crippen LogP contribution in [0.4, 0.5) is 0 Å². The SMILES string of the molecule is CN(C)[C@@H]1CCOC2(CCN(Cc3ccc(C#N)cc3)CC2)C1. The minimum Gasteiger partial charge on any atom is -0.375 e. The summed E-state index contributed by atoms with van der Waals surface area (Å²) in [6, 6.07) is 10.8. The maximum atomic E-state index is 8.87. The molecule has 1 aromatic rings. The summed E-state index contributed by atoms with van der Waals surface area (Å²) in [4.78, 5) is 4.86. The highest BCUT2D eigenvalue weighted by atomic mass is 16.5. The first-order valence-corrected chi connectivity index (χ1v) is 8.62. The van der Waals surface area contributed by atoms with Gasteiger partial charge >= 0.3 is 0 Å². The van der Waals surface area contributed by atoms with E-state index in [0.717, 1.165) is 51.1 Å². The highest BCUT2D eigenvalue weighted by molar-refractivity contribution is 5.31. The number of hydrogen-bond acceptors (Lipinski definition) is 4. The first-order valence-electron chi connectivity index (χ1n) is 8.62. The van der Waals surface area contributed by atoms with Crippen LogP contribution < -0.4 is 0 Å². The van der Waals surface area contributed by atoms with E-state index in [1.807, 2.05) is 12.1 Å². The van der Waals surface area contributed by atoms with Gasteiger partial charge < -0.3 is 9.64 Å². The molecule has 0 radical (unpaired) electrons. The smallest absolute Gasteiger partial charge is 0.0991 e. The van der Waals surface area contributed by atoms with E-state index in [-0.39, 0.29) is 5.60 Å². The fraction of sp³-hybridized carbons (Fsp3) is 0.632. The van der Waals surface area contributed by atoms with Crippen molar-refractivity contribution in [3.05, 3.63) is 35.4 Å². The number of benzene rings is 1. The van der Waals surface area contributed by atoms with Crippen LogP contribution in [0.3, 0.4) is 0 Å². The molecule has 1 aromatic carbocycles. The Balaban J connectivity index is 1.54. The number of piperidine rings is 1. The molecular weight excluding hydrogens is 286 g/mol. The Kier molecular flexibility index (Phi) is 5.01. The second-order valence-electron chi connectivity index (χ2n) is 7.23. The van der Waals surface area contributed by atoms with E-state index in [1.54, 1.807) is 0 Å². The summed E-state index contributed by atoms with van der Waals surface area (Å²) in [6.07, 6.45) is 4.59. The molecular formula is C19H27N3O. The topological polar surface area (TPSA) is 39.5 Å². The van der Waals surface area contributed by atoms with E-state index < -0.39 is 0 Å². The molecule has 124 valence electrons. The molecule has 4 heteroatoms. The third kappa shape index (κ3) is 3.92. The molecule has 1 atom stereocenters. The Morgan fingerprint density at radius 3 is 2.57 bits per heavy atom. The quantitative estimate of drug-likeness (QED) is 0.860. The van der Waals surface area contributed by atoms with Crippen LogP contribution in [0.2, 0.25) is 0 Å². The van der Waals surface area contributed by atoms with Crippen LogP contribution in [0.15, 0.2) is 24.3 Å². The Bertz CT molecular complexity index is 553. The summed E-state index contributed by atoms with van der Waals surface area (Å²) in [7, 11) is 4.37. The molecule has 3 rings (SSSR count). The van der Waals surface area contributed by atoms with Gasteiger partial charge in [-0.3, -0.25) is 4.90 Å². The molecule has 0 unspecified atom stereocenters. The van der Waals surface area contributed by atoms with Crippen LogP contribution in [0.1, 0.15) is 36.8 Å². The molecule has 2 heterocycles. The van der Waals surface area contributed by atoms with Crippen molar-refractivity contribution in [1.82, 2.24) is 9.80 Å². The van der Waals surface area contributed by atoms with Crippen molar-refractivity contribution in [3.8, 4) is 6.07 Å². The van der Waals surface area contributed by atoms with Crippen LogP contribution in [0.5, 0.6) is 0 Å². The largest absolute Gasteiger partial charge is 0.375 e. The van der Waals surface area contributed by atoms with Gasteiger partial charge in [0.1, 0.15) is 0 Å². The van der Waals surface area contributed by atoms with Crippen LogP contribution in [0, 0.1) is 11.3 Å². The zero-order valence-electron chi connectivity index (χ0n) is 14.3. The lowest BCUT2D eigenvalue weighted by atomic mass is 9.82. The average Bonchev–Trinajstić information content (AvgIpc) is 2.58. The Morgan fingerprint density at radius 1 is 1.26 bits per heavy atom. The van der Waals surface area contributed by atoms with Gasteiger partial charge in [0.05, 0.1) is 17.2 Å². The molecule has 2 fully saturated rings. The van der Waals surface area contributed by atoms with Gasteiger partial charge in [-0.1, -0.05) is 12.1 Å². The lowest BCUT2D eigenvalue weighted by molar-refractivity contribution is -0.130. The van der Waals surface area contributed by atoms with E-state index >= 15 is 0 Å². The van der Waals surface area contributed by atoms with Crippen molar-refractivity contribution in [2.24, 2.45) is 0 Å². The Morgan fingerprint density at radius 2 is 1.96 bits per heavy atom. The minimum atomic E-state index is 0.106. The zero-order chi connectivity index (χ0) is 16.3. The zero-order valence-corrected chi connectivity index (χ0v) is 14.3. The number of nitriles is 1. The summed E-state index contributed by atoms with van der Waals surface area (Å²) in [6.45, 7) is 4.07. The van der Waals surface area contributed by atoms with Gasteiger partial charge in [-0.25, -0.2) is 0 Å². The third-order valence-electron chi connectivity index (χ3n) is 5.45. The predicted octanol–water partition coefficient (Wildman–Crippen LogP) is 2.63. The fourth-order valence-electron chi connectivity index (χ4n) is 3.85. The normalized spacial score (nSPS) is 24.7. The number of nitrogens with zero attached hydrogens (tertiary/aromatic N) is 3. The number of hydrogen-bond donors (Lipinski definition) is 0. The highest BCUT2D eigenvalue weighted by Crippen LogP contribution is 2.36. The summed E-state index contributed by atoms with van der Waals surface area (Å²) >= 11 is 0. The van der Waals surface area contributed by atoms with Gasteiger partial charge in [0, 0.05) is 32.3 Å². The van der Waals surface area contributed by atoms with Gasteiger partial charge in [0.25, 0.3) is 0 Å². The van der Waals surface area contributed by atoms with Gasteiger partial charge in [0.15, 0.2) is 0 Å². The molecule has 0 amide bonds. The van der Waals surface area contributed by atoms with Crippen LogP contribution in [0.25, 0.3) is 0 Å². The second-order valence-corrected chi connectivity index (χ2v) is 7.23. The maximum Gasteiger partial charge on any atom is 0.0991 e. The fourth-order valence-corrected chi connectivity index (χ4v) is 3.85. The van der Waals surface area contributed by atoms with Gasteiger partial charge in [-0.2, -0.15) is 5.26 Å². The van der Waals surface area contributed by atoms with E-state index in [9.17, 15) is 0 Å². The van der Waals surface area contributed by atoms with E-state index in [1.165, 1.54) is 12.0 Å². The molecule has 2 aliphatic rings. The molecule has 2 saturated heterocycles. The van der Waals surface area contributed by atoms with Crippen molar-refractivity contribution in [3.63, 3.8) is 0 Å². The van der Waals surface area contributed by atoms with Gasteiger partial charge in [-0.05, 0) is 57.5 Å². The average molecular weight is 313 g/mol. The number of rotatable bonds is 3. The molecule has 4 nitrogen and oxygen atoms in total. The Labute approximate surface area is 139 Å². The molecule has 0 N–H and O–H groups in total. The summed E-state index contributed by atoms with van der Waals surface area (Å²) in [5.41, 5.74) is 2.13. The van der Waals surface area contributed by atoms with Crippen LogP contribution in [-0.2, 0) is 11.3 Å². The second kappa shape index (κ2) is 7.00. The van der Waals surface area contributed by atoms with E-state index in [4.69, 9.17) is 10.00 Å². The third-order valence-corrected chi connectivity index (χ3v) is 5.45.